The lowest BCUT2D eigenvalue weighted by atomic mass is 10.1. The van der Waals surface area contributed by atoms with Crippen LogP contribution in [0.2, 0.25) is 0 Å². The van der Waals surface area contributed by atoms with Crippen molar-refractivity contribution in [2.45, 2.75) is 19.9 Å². The summed E-state index contributed by atoms with van der Waals surface area (Å²) in [6.45, 7) is 2.04. The molecular formula is C13H11NO3. The zero-order valence-corrected chi connectivity index (χ0v) is 9.40. The second-order valence-electron chi connectivity index (χ2n) is 4.16. The Labute approximate surface area is 97.4 Å². The number of carbonyl (C=O) groups is 1. The number of ether oxygens (including phenoxy) is 1. The van der Waals surface area contributed by atoms with Crippen LogP contribution in [0, 0.1) is 0 Å². The molecular weight excluding hydrogens is 218 g/mol. The Morgan fingerprint density at radius 1 is 1.41 bits per heavy atom. The minimum atomic E-state index is -0.409. The predicted octanol–water partition coefficient (Wildman–Crippen LogP) is 1.48. The van der Waals surface area contributed by atoms with Crippen molar-refractivity contribution in [3.8, 4) is 5.75 Å². The number of carbonyl (C=O) groups excluding carboxylic acids is 1. The fourth-order valence-corrected chi connectivity index (χ4v) is 2.38. The van der Waals surface area contributed by atoms with Gasteiger partial charge in [0.15, 0.2) is 0 Å². The van der Waals surface area contributed by atoms with E-state index < -0.39 is 5.97 Å². The van der Waals surface area contributed by atoms with Gasteiger partial charge in [-0.2, -0.15) is 0 Å². The van der Waals surface area contributed by atoms with Gasteiger partial charge in [0, 0.05) is 24.9 Å². The first-order chi connectivity index (χ1) is 8.16. The molecule has 86 valence electrons. The monoisotopic (exact) mass is 229 g/mol. The Kier molecular flexibility index (Phi) is 2.04. The van der Waals surface area contributed by atoms with Crippen LogP contribution in [0.5, 0.6) is 5.75 Å². The molecule has 0 unspecified atom stereocenters. The highest BCUT2D eigenvalue weighted by Crippen LogP contribution is 2.30. The summed E-state index contributed by atoms with van der Waals surface area (Å²) in [5, 5.41) is 0.829. The summed E-state index contributed by atoms with van der Waals surface area (Å²) in [4.78, 5) is 22.9. The van der Waals surface area contributed by atoms with Gasteiger partial charge in [-0.25, -0.2) is 0 Å². The number of aryl methyl sites for hydroxylation is 2. The highest BCUT2D eigenvalue weighted by molar-refractivity contribution is 5.90. The Balaban J connectivity index is 2.39. The van der Waals surface area contributed by atoms with Crippen molar-refractivity contribution in [3.63, 3.8) is 0 Å². The first kappa shape index (κ1) is 10.1. The van der Waals surface area contributed by atoms with E-state index in [1.54, 1.807) is 4.57 Å². The highest BCUT2D eigenvalue weighted by Gasteiger charge is 2.18. The third kappa shape index (κ3) is 1.45. The third-order valence-electron chi connectivity index (χ3n) is 3.03. The molecule has 4 nitrogen and oxygen atoms in total. The van der Waals surface area contributed by atoms with E-state index in [1.165, 1.54) is 13.0 Å². The van der Waals surface area contributed by atoms with Crippen molar-refractivity contribution in [1.82, 2.24) is 4.57 Å². The molecule has 0 amide bonds. The molecule has 0 saturated carbocycles. The van der Waals surface area contributed by atoms with E-state index in [2.05, 4.69) is 0 Å². The molecule has 3 rings (SSSR count). The van der Waals surface area contributed by atoms with Crippen LogP contribution < -0.4 is 10.3 Å². The van der Waals surface area contributed by atoms with Gasteiger partial charge in [-0.1, -0.05) is 12.1 Å². The van der Waals surface area contributed by atoms with Crippen LogP contribution in [0.4, 0.5) is 0 Å². The van der Waals surface area contributed by atoms with Crippen LogP contribution >= 0.6 is 0 Å². The quantitative estimate of drug-likeness (QED) is 0.696. The van der Waals surface area contributed by atoms with Crippen molar-refractivity contribution >= 4 is 16.9 Å². The molecule has 0 bridgehead atoms. The molecule has 0 N–H and O–H groups in total. The number of esters is 1. The second kappa shape index (κ2) is 3.45. The molecule has 0 fully saturated rings. The van der Waals surface area contributed by atoms with Crippen molar-refractivity contribution in [3.05, 3.63) is 40.2 Å². The Morgan fingerprint density at radius 2 is 2.24 bits per heavy atom. The maximum atomic E-state index is 11.9. The molecule has 2 aromatic rings. The second-order valence-corrected chi connectivity index (χ2v) is 4.16. The molecule has 2 heterocycles. The zero-order chi connectivity index (χ0) is 12.0. The van der Waals surface area contributed by atoms with Crippen LogP contribution in [0.25, 0.3) is 10.9 Å². The lowest BCUT2D eigenvalue weighted by molar-refractivity contribution is -0.131. The summed E-state index contributed by atoms with van der Waals surface area (Å²) >= 11 is 0. The molecule has 4 heteroatoms. The summed E-state index contributed by atoms with van der Waals surface area (Å²) in [7, 11) is 0. The average molecular weight is 229 g/mol. The Morgan fingerprint density at radius 3 is 3.00 bits per heavy atom. The van der Waals surface area contributed by atoms with Gasteiger partial charge < -0.3 is 9.30 Å². The summed E-state index contributed by atoms with van der Waals surface area (Å²) in [6, 6.07) is 7.19. The first-order valence-electron chi connectivity index (χ1n) is 5.50. The smallest absolute Gasteiger partial charge is 0.308 e. The summed E-state index contributed by atoms with van der Waals surface area (Å²) < 4.78 is 6.83. The zero-order valence-electron chi connectivity index (χ0n) is 9.40. The molecule has 1 aliphatic rings. The number of aromatic nitrogens is 1. The molecule has 1 aromatic carbocycles. The molecule has 0 radical (unpaired) electrons. The van der Waals surface area contributed by atoms with E-state index in [0.717, 1.165) is 22.9 Å². The van der Waals surface area contributed by atoms with Gasteiger partial charge in [0.25, 0.3) is 5.56 Å². The summed E-state index contributed by atoms with van der Waals surface area (Å²) in [5.41, 5.74) is 1.92. The summed E-state index contributed by atoms with van der Waals surface area (Å²) in [6.07, 6.45) is 0.857. The highest BCUT2D eigenvalue weighted by atomic mass is 16.5. The number of hydrogen-bond donors (Lipinski definition) is 0. The number of para-hydroxylation sites is 1. The van der Waals surface area contributed by atoms with Crippen molar-refractivity contribution < 1.29 is 9.53 Å². The first-order valence-corrected chi connectivity index (χ1v) is 5.50. The van der Waals surface area contributed by atoms with Crippen molar-refractivity contribution in [2.75, 3.05) is 0 Å². The third-order valence-corrected chi connectivity index (χ3v) is 3.03. The van der Waals surface area contributed by atoms with E-state index in [4.69, 9.17) is 4.74 Å². The molecule has 0 atom stereocenters. The predicted molar refractivity (Wildman–Crippen MR) is 63.2 cm³/mol. The van der Waals surface area contributed by atoms with Crippen LogP contribution in [-0.4, -0.2) is 10.5 Å². The minimum absolute atomic E-state index is 0.112. The van der Waals surface area contributed by atoms with Gasteiger partial charge in [0.2, 0.25) is 0 Å². The molecule has 1 aliphatic heterocycles. The maximum Gasteiger partial charge on any atom is 0.308 e. The van der Waals surface area contributed by atoms with E-state index in [-0.39, 0.29) is 5.56 Å². The van der Waals surface area contributed by atoms with Gasteiger partial charge in [0.05, 0.1) is 5.52 Å². The lowest BCUT2D eigenvalue weighted by Gasteiger charge is -2.08. The lowest BCUT2D eigenvalue weighted by Crippen LogP contribution is -2.18. The topological polar surface area (TPSA) is 48.3 Å². The molecule has 1 aromatic heterocycles. The van der Waals surface area contributed by atoms with Gasteiger partial charge in [0.1, 0.15) is 5.75 Å². The Hall–Kier alpha value is -2.10. The van der Waals surface area contributed by atoms with E-state index in [9.17, 15) is 9.59 Å². The van der Waals surface area contributed by atoms with E-state index >= 15 is 0 Å². The van der Waals surface area contributed by atoms with Crippen LogP contribution in [0.15, 0.2) is 29.1 Å². The number of nitrogens with zero attached hydrogens (tertiary/aromatic N) is 1. The number of hydrogen-bond acceptors (Lipinski definition) is 3. The van der Waals surface area contributed by atoms with Gasteiger partial charge >= 0.3 is 5.97 Å². The van der Waals surface area contributed by atoms with Crippen LogP contribution in [-0.2, 0) is 17.8 Å². The number of rotatable bonds is 1. The Bertz CT molecular complexity index is 685. The fraction of sp³-hybridized carbons (Fsp3) is 0.231. The van der Waals surface area contributed by atoms with Crippen LogP contribution in [0.1, 0.15) is 12.5 Å². The minimum Gasteiger partial charge on any atom is -0.426 e. The van der Waals surface area contributed by atoms with E-state index in [0.29, 0.717) is 12.3 Å². The van der Waals surface area contributed by atoms with Crippen molar-refractivity contribution in [2.24, 2.45) is 0 Å². The molecule has 0 saturated heterocycles. The SMILES string of the molecule is CC(=O)Oc1cc(=O)n2c3c(cccc13)CC2. The normalized spacial score (nSPS) is 13.0. The molecule has 0 spiro atoms. The molecule has 17 heavy (non-hydrogen) atoms. The average Bonchev–Trinajstić information content (AvgIpc) is 2.70. The summed E-state index contributed by atoms with van der Waals surface area (Å²) in [5.74, 6) is -0.0504. The van der Waals surface area contributed by atoms with Gasteiger partial charge in [-0.05, 0) is 18.1 Å². The van der Waals surface area contributed by atoms with Gasteiger partial charge in [-0.3, -0.25) is 9.59 Å². The van der Waals surface area contributed by atoms with E-state index in [1.807, 2.05) is 18.2 Å². The standard InChI is InChI=1S/C13H11NO3/c1-8(15)17-11-7-12(16)14-6-5-9-3-2-4-10(11)13(9)14/h2-4,7H,5-6H2,1H3. The molecule has 0 aliphatic carbocycles. The maximum absolute atomic E-state index is 11.9. The number of pyridine rings is 1. The van der Waals surface area contributed by atoms with Crippen LogP contribution in [0.3, 0.4) is 0 Å². The number of benzene rings is 1. The largest absolute Gasteiger partial charge is 0.426 e. The van der Waals surface area contributed by atoms with Gasteiger partial charge in [-0.15, -0.1) is 0 Å². The fourth-order valence-electron chi connectivity index (χ4n) is 2.38. The van der Waals surface area contributed by atoms with Crippen molar-refractivity contribution in [1.29, 1.82) is 0 Å².